The van der Waals surface area contributed by atoms with E-state index in [2.05, 4.69) is 23.5 Å². The smallest absolute Gasteiger partial charge is 0.0896 e. The zero-order valence-corrected chi connectivity index (χ0v) is 10.1. The van der Waals surface area contributed by atoms with Crippen molar-refractivity contribution in [3.05, 3.63) is 18.0 Å². The average molecular weight is 223 g/mol. The molecule has 1 fully saturated rings. The first-order valence-electron chi connectivity index (χ1n) is 6.12. The summed E-state index contributed by atoms with van der Waals surface area (Å²) in [5.74, 6) is 0.593. The van der Waals surface area contributed by atoms with E-state index in [1.807, 2.05) is 17.9 Å². The van der Waals surface area contributed by atoms with Crippen molar-refractivity contribution in [1.82, 2.24) is 15.1 Å². The standard InChI is InChI=1S/C12H21N3O/c1-3-5-13-7-10-4-6-16-12(10)11-8-14-15(2)9-11/h8-10,12-13H,3-7H2,1-2H3. The average Bonchev–Trinajstić information content (AvgIpc) is 2.87. The third kappa shape index (κ3) is 2.62. The normalized spacial score (nSPS) is 25.1. The molecule has 0 aromatic carbocycles. The molecule has 2 unspecified atom stereocenters. The zero-order valence-electron chi connectivity index (χ0n) is 10.1. The van der Waals surface area contributed by atoms with Crippen molar-refractivity contribution in [3.63, 3.8) is 0 Å². The molecule has 4 heteroatoms. The third-order valence-electron chi connectivity index (χ3n) is 3.10. The SMILES string of the molecule is CCCNCC1CCOC1c1cnn(C)c1. The van der Waals surface area contributed by atoms with Crippen LogP contribution in [0.1, 0.15) is 31.4 Å². The fourth-order valence-corrected chi connectivity index (χ4v) is 2.26. The minimum atomic E-state index is 0.234. The Morgan fingerprint density at radius 1 is 1.62 bits per heavy atom. The maximum Gasteiger partial charge on any atom is 0.0896 e. The minimum absolute atomic E-state index is 0.234. The van der Waals surface area contributed by atoms with Gasteiger partial charge in [-0.25, -0.2) is 0 Å². The van der Waals surface area contributed by atoms with Gasteiger partial charge in [-0.15, -0.1) is 0 Å². The zero-order chi connectivity index (χ0) is 11.4. The molecule has 1 saturated heterocycles. The van der Waals surface area contributed by atoms with E-state index >= 15 is 0 Å². The first-order chi connectivity index (χ1) is 7.81. The summed E-state index contributed by atoms with van der Waals surface area (Å²) in [7, 11) is 1.95. The number of rotatable bonds is 5. The second-order valence-corrected chi connectivity index (χ2v) is 4.49. The van der Waals surface area contributed by atoms with Crippen molar-refractivity contribution < 1.29 is 4.74 Å². The molecule has 0 radical (unpaired) electrons. The number of nitrogens with one attached hydrogen (secondary N) is 1. The molecule has 0 bridgehead atoms. The maximum atomic E-state index is 5.80. The Morgan fingerprint density at radius 3 is 3.19 bits per heavy atom. The highest BCUT2D eigenvalue weighted by Crippen LogP contribution is 2.33. The highest BCUT2D eigenvalue weighted by atomic mass is 16.5. The summed E-state index contributed by atoms with van der Waals surface area (Å²) in [6, 6.07) is 0. The van der Waals surface area contributed by atoms with Crippen molar-refractivity contribution >= 4 is 0 Å². The van der Waals surface area contributed by atoms with Crippen LogP contribution in [0, 0.1) is 5.92 Å². The van der Waals surface area contributed by atoms with Crippen LogP contribution in [0.25, 0.3) is 0 Å². The highest BCUT2D eigenvalue weighted by Gasteiger charge is 2.29. The number of ether oxygens (including phenoxy) is 1. The summed E-state index contributed by atoms with van der Waals surface area (Å²) < 4.78 is 7.64. The first-order valence-corrected chi connectivity index (χ1v) is 6.12. The van der Waals surface area contributed by atoms with Crippen molar-refractivity contribution in [2.24, 2.45) is 13.0 Å². The molecule has 16 heavy (non-hydrogen) atoms. The molecular formula is C12H21N3O. The van der Waals surface area contributed by atoms with E-state index in [0.29, 0.717) is 5.92 Å². The number of aromatic nitrogens is 2. The summed E-state index contributed by atoms with van der Waals surface area (Å²) in [6.07, 6.45) is 6.55. The summed E-state index contributed by atoms with van der Waals surface area (Å²) in [5.41, 5.74) is 1.21. The summed E-state index contributed by atoms with van der Waals surface area (Å²) in [4.78, 5) is 0. The number of hydrogen-bond acceptors (Lipinski definition) is 3. The van der Waals surface area contributed by atoms with Gasteiger partial charge in [0.2, 0.25) is 0 Å². The topological polar surface area (TPSA) is 39.1 Å². The van der Waals surface area contributed by atoms with Crippen LogP contribution in [0.5, 0.6) is 0 Å². The van der Waals surface area contributed by atoms with E-state index in [0.717, 1.165) is 26.1 Å². The molecule has 1 aliphatic heterocycles. The molecular weight excluding hydrogens is 202 g/mol. The lowest BCUT2D eigenvalue weighted by Crippen LogP contribution is -2.25. The third-order valence-corrected chi connectivity index (χ3v) is 3.10. The quantitative estimate of drug-likeness (QED) is 0.769. The predicted molar refractivity (Wildman–Crippen MR) is 63.2 cm³/mol. The van der Waals surface area contributed by atoms with Gasteiger partial charge in [0.1, 0.15) is 0 Å². The molecule has 0 spiro atoms. The van der Waals surface area contributed by atoms with Crippen LogP contribution in [-0.2, 0) is 11.8 Å². The van der Waals surface area contributed by atoms with Crippen molar-refractivity contribution in [2.45, 2.75) is 25.9 Å². The van der Waals surface area contributed by atoms with Crippen molar-refractivity contribution in [2.75, 3.05) is 19.7 Å². The van der Waals surface area contributed by atoms with E-state index in [1.54, 1.807) is 0 Å². The Balaban J connectivity index is 1.92. The van der Waals surface area contributed by atoms with Gasteiger partial charge in [0, 0.05) is 37.9 Å². The van der Waals surface area contributed by atoms with E-state index in [-0.39, 0.29) is 6.10 Å². The molecule has 2 rings (SSSR count). The Morgan fingerprint density at radius 2 is 2.50 bits per heavy atom. The molecule has 2 heterocycles. The van der Waals surface area contributed by atoms with E-state index in [1.165, 1.54) is 12.0 Å². The van der Waals surface area contributed by atoms with Crippen LogP contribution in [-0.4, -0.2) is 29.5 Å². The van der Waals surface area contributed by atoms with E-state index in [9.17, 15) is 0 Å². The first kappa shape index (κ1) is 11.6. The van der Waals surface area contributed by atoms with Gasteiger partial charge in [-0.1, -0.05) is 6.92 Å². The van der Waals surface area contributed by atoms with Crippen LogP contribution in [0.2, 0.25) is 0 Å². The highest BCUT2D eigenvalue weighted by molar-refractivity contribution is 5.11. The number of nitrogens with zero attached hydrogens (tertiary/aromatic N) is 2. The molecule has 0 saturated carbocycles. The van der Waals surface area contributed by atoms with Crippen LogP contribution in [0.3, 0.4) is 0 Å². The van der Waals surface area contributed by atoms with Gasteiger partial charge < -0.3 is 10.1 Å². The van der Waals surface area contributed by atoms with Crippen LogP contribution in [0.4, 0.5) is 0 Å². The molecule has 4 nitrogen and oxygen atoms in total. The molecule has 1 aliphatic rings. The number of hydrogen-bond donors (Lipinski definition) is 1. The largest absolute Gasteiger partial charge is 0.373 e. The molecule has 1 N–H and O–H groups in total. The molecule has 90 valence electrons. The lowest BCUT2D eigenvalue weighted by Gasteiger charge is -2.17. The fraction of sp³-hybridized carbons (Fsp3) is 0.750. The second-order valence-electron chi connectivity index (χ2n) is 4.49. The van der Waals surface area contributed by atoms with Gasteiger partial charge >= 0.3 is 0 Å². The summed E-state index contributed by atoms with van der Waals surface area (Å²) in [5, 5.41) is 7.68. The maximum absolute atomic E-state index is 5.80. The minimum Gasteiger partial charge on any atom is -0.373 e. The van der Waals surface area contributed by atoms with Gasteiger partial charge in [0.05, 0.1) is 12.3 Å². The second kappa shape index (κ2) is 5.46. The van der Waals surface area contributed by atoms with Gasteiger partial charge in [-0.05, 0) is 19.4 Å². The van der Waals surface area contributed by atoms with Gasteiger partial charge in [-0.2, -0.15) is 5.10 Å². The van der Waals surface area contributed by atoms with Crippen LogP contribution in [0.15, 0.2) is 12.4 Å². The van der Waals surface area contributed by atoms with Gasteiger partial charge in [-0.3, -0.25) is 4.68 Å². The van der Waals surface area contributed by atoms with E-state index in [4.69, 9.17) is 4.74 Å². The Kier molecular flexibility index (Phi) is 3.96. The van der Waals surface area contributed by atoms with E-state index < -0.39 is 0 Å². The fourth-order valence-electron chi connectivity index (χ4n) is 2.26. The lowest BCUT2D eigenvalue weighted by atomic mass is 9.97. The van der Waals surface area contributed by atoms with Crippen molar-refractivity contribution in [3.8, 4) is 0 Å². The lowest BCUT2D eigenvalue weighted by molar-refractivity contribution is 0.0905. The molecule has 0 amide bonds. The van der Waals surface area contributed by atoms with Crippen molar-refractivity contribution in [1.29, 1.82) is 0 Å². The Labute approximate surface area is 97.0 Å². The van der Waals surface area contributed by atoms with Gasteiger partial charge in [0.15, 0.2) is 0 Å². The Bertz CT molecular complexity index is 324. The summed E-state index contributed by atoms with van der Waals surface area (Å²) in [6.45, 7) is 5.21. The summed E-state index contributed by atoms with van der Waals surface area (Å²) >= 11 is 0. The molecule has 0 aliphatic carbocycles. The predicted octanol–water partition coefficient (Wildman–Crippen LogP) is 1.50. The van der Waals surface area contributed by atoms with Crippen LogP contribution >= 0.6 is 0 Å². The molecule has 1 aromatic heterocycles. The van der Waals surface area contributed by atoms with Gasteiger partial charge in [0.25, 0.3) is 0 Å². The van der Waals surface area contributed by atoms with Crippen LogP contribution < -0.4 is 5.32 Å². The molecule has 1 aromatic rings. The number of aryl methyl sites for hydroxylation is 1. The monoisotopic (exact) mass is 223 g/mol. The molecule has 2 atom stereocenters. The Hall–Kier alpha value is -0.870.